The van der Waals surface area contributed by atoms with Gasteiger partial charge < -0.3 is 23.7 Å². The van der Waals surface area contributed by atoms with Crippen molar-refractivity contribution < 1.29 is 28.5 Å². The minimum absolute atomic E-state index is 0.0327. The highest BCUT2D eigenvalue weighted by molar-refractivity contribution is 7.39. The molecule has 0 spiro atoms. The molecular weight excluding hydrogens is 459 g/mol. The van der Waals surface area contributed by atoms with Crippen molar-refractivity contribution in [3.05, 3.63) is 56.9 Å². The summed E-state index contributed by atoms with van der Waals surface area (Å²) in [5.74, 6) is -0.275. The molecular formula is C24H25N2O7P. The first-order valence-corrected chi connectivity index (χ1v) is 12.7. The van der Waals surface area contributed by atoms with Crippen molar-refractivity contribution in [3.63, 3.8) is 0 Å². The van der Waals surface area contributed by atoms with Crippen LogP contribution < -0.4 is 10.1 Å². The van der Waals surface area contributed by atoms with Gasteiger partial charge in [0, 0.05) is 23.6 Å². The molecule has 2 atom stereocenters. The average molecular weight is 484 g/mol. The van der Waals surface area contributed by atoms with Gasteiger partial charge in [-0.25, -0.2) is 9.78 Å². The van der Waals surface area contributed by atoms with Crippen molar-refractivity contribution >= 4 is 24.9 Å². The number of methoxy groups -OCH3 is 1. The molecule has 5 rings (SSSR count). The van der Waals surface area contributed by atoms with Crippen LogP contribution >= 0.6 is 8.03 Å². The topological polar surface area (TPSA) is 117 Å². The molecule has 9 nitrogen and oxygen atoms in total. The van der Waals surface area contributed by atoms with Gasteiger partial charge in [-0.15, -0.1) is 0 Å². The van der Waals surface area contributed by atoms with Gasteiger partial charge in [0.1, 0.15) is 18.7 Å². The Morgan fingerprint density at radius 1 is 1.24 bits per heavy atom. The molecule has 0 amide bonds. The maximum Gasteiger partial charge on any atom is 0.343 e. The monoisotopic (exact) mass is 484 g/mol. The van der Waals surface area contributed by atoms with E-state index >= 15 is 0 Å². The molecule has 0 saturated carbocycles. The molecule has 0 saturated heterocycles. The predicted molar refractivity (Wildman–Crippen MR) is 125 cm³/mol. The molecule has 0 fully saturated rings. The molecule has 178 valence electrons. The number of rotatable bonds is 6. The molecule has 0 radical (unpaired) electrons. The van der Waals surface area contributed by atoms with Crippen LogP contribution in [0.3, 0.4) is 0 Å². The molecule has 2 aliphatic rings. The number of benzene rings is 1. The van der Waals surface area contributed by atoms with Gasteiger partial charge >= 0.3 is 5.97 Å². The first-order chi connectivity index (χ1) is 16.3. The Labute approximate surface area is 196 Å². The van der Waals surface area contributed by atoms with Crippen LogP contribution in [0.1, 0.15) is 42.5 Å². The Morgan fingerprint density at radius 2 is 2.03 bits per heavy atom. The number of nitrogens with zero attached hydrogens (tertiary/aromatic N) is 2. The summed E-state index contributed by atoms with van der Waals surface area (Å²) in [6, 6.07) is 7.03. The SMILES string of the molecule is CCc1c2c(nc3ccc(O[PH](=O)COC)cc13)-c1cc3c(c(=O)n1C2)COC(=O)C3(O)CC. The summed E-state index contributed by atoms with van der Waals surface area (Å²) in [6.45, 7) is 3.86. The van der Waals surface area contributed by atoms with Crippen LogP contribution in [0.25, 0.3) is 22.3 Å². The molecule has 0 bridgehead atoms. The van der Waals surface area contributed by atoms with E-state index < -0.39 is 19.6 Å². The van der Waals surface area contributed by atoms with Gasteiger partial charge in [-0.2, -0.15) is 0 Å². The number of carbonyl (C=O) groups is 1. The van der Waals surface area contributed by atoms with E-state index in [1.165, 1.54) is 7.11 Å². The van der Waals surface area contributed by atoms with Crippen LogP contribution in [0.15, 0.2) is 29.1 Å². The molecule has 2 aliphatic heterocycles. The Bertz CT molecular complexity index is 1430. The number of aromatic nitrogens is 2. The third-order valence-electron chi connectivity index (χ3n) is 6.62. The fraction of sp³-hybridized carbons (Fsp3) is 0.375. The van der Waals surface area contributed by atoms with Gasteiger partial charge in [0.2, 0.25) is 0 Å². The quantitative estimate of drug-likeness (QED) is 0.328. The lowest BCUT2D eigenvalue weighted by molar-refractivity contribution is -0.172. The Hall–Kier alpha value is -3.00. The Morgan fingerprint density at radius 3 is 2.74 bits per heavy atom. The van der Waals surface area contributed by atoms with Crippen LogP contribution in [-0.2, 0) is 44.0 Å². The second-order valence-electron chi connectivity index (χ2n) is 8.46. The van der Waals surface area contributed by atoms with Crippen LogP contribution in [0.2, 0.25) is 0 Å². The normalized spacial score (nSPS) is 19.4. The summed E-state index contributed by atoms with van der Waals surface area (Å²) in [5, 5.41) is 11.9. The standard InChI is InChI=1S/C24H25N2O7P/c1-4-14-15-8-13(33-34(30)12-31-3)6-7-19(15)25-21-16(14)10-26-20(21)9-18-17(22(26)27)11-32-23(28)24(18,29)5-2/h6-9,29,34H,4-5,10-12H2,1-3H3. The third-order valence-corrected chi connectivity index (χ3v) is 7.61. The smallest absolute Gasteiger partial charge is 0.343 e. The predicted octanol–water partition coefficient (Wildman–Crippen LogP) is 3.10. The zero-order valence-electron chi connectivity index (χ0n) is 19.1. The minimum atomic E-state index is -2.37. The van der Waals surface area contributed by atoms with Gasteiger partial charge in [-0.1, -0.05) is 13.8 Å². The van der Waals surface area contributed by atoms with E-state index in [9.17, 15) is 19.3 Å². The molecule has 2 unspecified atom stereocenters. The zero-order valence-corrected chi connectivity index (χ0v) is 20.1. The molecule has 3 aromatic rings. The lowest BCUT2D eigenvalue weighted by atomic mass is 9.86. The second-order valence-corrected chi connectivity index (χ2v) is 9.70. The molecule has 34 heavy (non-hydrogen) atoms. The van der Waals surface area contributed by atoms with E-state index in [-0.39, 0.29) is 24.9 Å². The minimum Gasteiger partial charge on any atom is -0.458 e. The largest absolute Gasteiger partial charge is 0.458 e. The van der Waals surface area contributed by atoms with Crippen molar-refractivity contribution in [2.45, 2.75) is 45.4 Å². The lowest BCUT2D eigenvalue weighted by Crippen LogP contribution is -2.44. The van der Waals surface area contributed by atoms with E-state index in [1.54, 1.807) is 29.7 Å². The summed E-state index contributed by atoms with van der Waals surface area (Å²) in [5.41, 5.74) is 2.28. The van der Waals surface area contributed by atoms with E-state index in [0.717, 1.165) is 16.5 Å². The summed E-state index contributed by atoms with van der Waals surface area (Å²) in [7, 11) is -0.900. The second kappa shape index (κ2) is 8.34. The maximum atomic E-state index is 13.4. The molecule has 2 aromatic heterocycles. The number of carbonyl (C=O) groups excluding carboxylic acids is 1. The summed E-state index contributed by atoms with van der Waals surface area (Å²) < 4.78 is 29.2. The van der Waals surface area contributed by atoms with Gasteiger partial charge in [0.15, 0.2) is 5.60 Å². The van der Waals surface area contributed by atoms with E-state index in [0.29, 0.717) is 46.7 Å². The number of ether oxygens (including phenoxy) is 2. The maximum absolute atomic E-state index is 13.4. The fourth-order valence-electron chi connectivity index (χ4n) is 4.89. The first-order valence-electron chi connectivity index (χ1n) is 11.1. The first kappa shape index (κ1) is 22.8. The molecule has 10 heteroatoms. The zero-order chi connectivity index (χ0) is 24.2. The van der Waals surface area contributed by atoms with Crippen molar-refractivity contribution in [2.75, 3.05) is 13.5 Å². The van der Waals surface area contributed by atoms with Crippen molar-refractivity contribution in [1.29, 1.82) is 0 Å². The lowest BCUT2D eigenvalue weighted by Gasteiger charge is -2.31. The number of pyridine rings is 2. The summed E-state index contributed by atoms with van der Waals surface area (Å²) in [6.07, 6.45) is 0.806. The van der Waals surface area contributed by atoms with Crippen LogP contribution in [-0.4, -0.2) is 34.1 Å². The number of hydrogen-bond acceptors (Lipinski definition) is 8. The summed E-state index contributed by atoms with van der Waals surface area (Å²) >= 11 is 0. The molecule has 4 heterocycles. The van der Waals surface area contributed by atoms with Gasteiger partial charge in [0.25, 0.3) is 13.6 Å². The van der Waals surface area contributed by atoms with E-state index in [1.807, 2.05) is 13.0 Å². The number of fused-ring (bicyclic) bond motifs is 5. The number of hydrogen-bond donors (Lipinski definition) is 1. The number of esters is 1. The van der Waals surface area contributed by atoms with Gasteiger partial charge in [-0.05, 0) is 42.7 Å². The van der Waals surface area contributed by atoms with E-state index in [2.05, 4.69) is 0 Å². The van der Waals surface area contributed by atoms with Crippen molar-refractivity contribution in [3.8, 4) is 17.1 Å². The Kier molecular flexibility index (Phi) is 5.59. The molecule has 1 N–H and O–H groups in total. The van der Waals surface area contributed by atoms with Crippen LogP contribution in [0.5, 0.6) is 5.75 Å². The van der Waals surface area contributed by atoms with Crippen LogP contribution in [0, 0.1) is 0 Å². The van der Waals surface area contributed by atoms with E-state index in [4.69, 9.17) is 19.0 Å². The van der Waals surface area contributed by atoms with Crippen LogP contribution in [0.4, 0.5) is 0 Å². The fourth-order valence-corrected chi connectivity index (χ4v) is 5.57. The highest BCUT2D eigenvalue weighted by atomic mass is 31.1. The highest BCUT2D eigenvalue weighted by Gasteiger charge is 2.45. The number of aryl methyl sites for hydroxylation is 1. The van der Waals surface area contributed by atoms with Crippen molar-refractivity contribution in [1.82, 2.24) is 9.55 Å². The number of aliphatic hydroxyl groups is 1. The third kappa shape index (κ3) is 3.30. The Balaban J connectivity index is 1.69. The number of cyclic esters (lactones) is 1. The molecule has 1 aromatic carbocycles. The average Bonchev–Trinajstić information content (AvgIpc) is 3.19. The van der Waals surface area contributed by atoms with Gasteiger partial charge in [-0.3, -0.25) is 9.36 Å². The van der Waals surface area contributed by atoms with Crippen molar-refractivity contribution in [2.24, 2.45) is 0 Å². The highest BCUT2D eigenvalue weighted by Crippen LogP contribution is 2.41. The van der Waals surface area contributed by atoms with Gasteiger partial charge in [0.05, 0.1) is 29.0 Å². The molecule has 0 aliphatic carbocycles. The summed E-state index contributed by atoms with van der Waals surface area (Å²) in [4.78, 5) is 30.6.